The molecule has 0 aliphatic heterocycles. The van der Waals surface area contributed by atoms with Crippen molar-refractivity contribution in [1.29, 1.82) is 0 Å². The summed E-state index contributed by atoms with van der Waals surface area (Å²) >= 11 is 5.70. The van der Waals surface area contributed by atoms with Gasteiger partial charge < -0.3 is 15.1 Å². The van der Waals surface area contributed by atoms with Gasteiger partial charge in [0.2, 0.25) is 0 Å². The quantitative estimate of drug-likeness (QED) is 0.809. The monoisotopic (exact) mass is 342 g/mol. The minimum Gasteiger partial charge on any atom is -0.341 e. The molecule has 0 amide bonds. The number of likely N-dealkylation sites (N-methyl/N-ethyl adjacent to an activating group) is 1. The lowest BCUT2D eigenvalue weighted by Gasteiger charge is -2.33. The Kier molecular flexibility index (Phi) is 6.70. The van der Waals surface area contributed by atoms with Gasteiger partial charge in [-0.3, -0.25) is 4.98 Å². The lowest BCUT2D eigenvalue weighted by Crippen LogP contribution is -2.40. The van der Waals surface area contributed by atoms with Gasteiger partial charge in [0, 0.05) is 31.2 Å². The topological polar surface area (TPSA) is 31.4 Å². The van der Waals surface area contributed by atoms with Crippen LogP contribution in [0.25, 0.3) is 0 Å². The lowest BCUT2D eigenvalue weighted by molar-refractivity contribution is 0.289. The first-order valence-electron chi connectivity index (χ1n) is 8.16. The molecule has 0 bridgehead atoms. The molecule has 2 aromatic rings. The van der Waals surface area contributed by atoms with Crippen LogP contribution in [-0.2, 0) is 0 Å². The maximum absolute atomic E-state index is 5.70. The SMILES string of the molecule is Cc1ccc(NC(=S)N(CCN(C)C)[C@@H](C)c2ccncc2)cc1. The molecule has 4 nitrogen and oxygen atoms in total. The number of hydrogen-bond acceptors (Lipinski definition) is 3. The van der Waals surface area contributed by atoms with Gasteiger partial charge >= 0.3 is 0 Å². The molecule has 0 saturated carbocycles. The zero-order valence-corrected chi connectivity index (χ0v) is 15.7. The van der Waals surface area contributed by atoms with Gasteiger partial charge in [0.1, 0.15) is 0 Å². The summed E-state index contributed by atoms with van der Waals surface area (Å²) in [5.74, 6) is 0. The number of nitrogens with zero attached hydrogens (tertiary/aromatic N) is 3. The highest BCUT2D eigenvalue weighted by molar-refractivity contribution is 7.80. The van der Waals surface area contributed by atoms with E-state index in [1.165, 1.54) is 11.1 Å². The molecule has 1 N–H and O–H groups in total. The normalized spacial score (nSPS) is 12.0. The largest absolute Gasteiger partial charge is 0.341 e. The second-order valence-corrected chi connectivity index (χ2v) is 6.64. The summed E-state index contributed by atoms with van der Waals surface area (Å²) < 4.78 is 0. The molecular weight excluding hydrogens is 316 g/mol. The summed E-state index contributed by atoms with van der Waals surface area (Å²) in [4.78, 5) is 8.50. The Balaban J connectivity index is 2.14. The summed E-state index contributed by atoms with van der Waals surface area (Å²) in [5.41, 5.74) is 3.46. The summed E-state index contributed by atoms with van der Waals surface area (Å²) in [7, 11) is 4.15. The molecule has 128 valence electrons. The summed E-state index contributed by atoms with van der Waals surface area (Å²) in [6, 6.07) is 12.6. The van der Waals surface area contributed by atoms with Gasteiger partial charge in [0.05, 0.1) is 6.04 Å². The molecule has 0 aliphatic rings. The molecule has 5 heteroatoms. The average molecular weight is 343 g/mol. The number of thiocarbonyl (C=S) groups is 1. The van der Waals surface area contributed by atoms with Crippen LogP contribution in [0.2, 0.25) is 0 Å². The van der Waals surface area contributed by atoms with Gasteiger partial charge in [0.25, 0.3) is 0 Å². The van der Waals surface area contributed by atoms with E-state index < -0.39 is 0 Å². The molecule has 1 aromatic heterocycles. The molecule has 1 heterocycles. The van der Waals surface area contributed by atoms with Crippen molar-refractivity contribution in [1.82, 2.24) is 14.8 Å². The van der Waals surface area contributed by atoms with Gasteiger partial charge in [-0.05, 0) is 70.0 Å². The Hall–Kier alpha value is -1.98. The second-order valence-electron chi connectivity index (χ2n) is 6.25. The molecule has 0 radical (unpaired) electrons. The number of nitrogens with one attached hydrogen (secondary N) is 1. The summed E-state index contributed by atoms with van der Waals surface area (Å²) in [6.45, 7) is 6.05. The minimum atomic E-state index is 0.179. The first-order valence-corrected chi connectivity index (χ1v) is 8.57. The number of anilines is 1. The standard InChI is InChI=1S/C19H26N4S/c1-15-5-7-18(8-6-15)21-19(24)23(14-13-22(3)4)16(2)17-9-11-20-12-10-17/h5-12,16H,13-14H2,1-4H3,(H,21,24)/t16-/m0/s1. The van der Waals surface area contributed by atoms with Crippen molar-refractivity contribution in [2.45, 2.75) is 19.9 Å². The van der Waals surface area contributed by atoms with Gasteiger partial charge in [-0.15, -0.1) is 0 Å². The molecule has 1 atom stereocenters. The Morgan fingerprint density at radius 1 is 1.08 bits per heavy atom. The number of hydrogen-bond donors (Lipinski definition) is 1. The van der Waals surface area contributed by atoms with Crippen molar-refractivity contribution in [3.8, 4) is 0 Å². The van der Waals surface area contributed by atoms with Crippen molar-refractivity contribution in [2.75, 3.05) is 32.5 Å². The van der Waals surface area contributed by atoms with E-state index in [1.807, 2.05) is 24.5 Å². The minimum absolute atomic E-state index is 0.179. The van der Waals surface area contributed by atoms with E-state index in [-0.39, 0.29) is 6.04 Å². The van der Waals surface area contributed by atoms with E-state index in [0.717, 1.165) is 23.9 Å². The average Bonchev–Trinajstić information content (AvgIpc) is 2.57. The fourth-order valence-electron chi connectivity index (χ4n) is 2.43. The number of benzene rings is 1. The maximum Gasteiger partial charge on any atom is 0.173 e. The van der Waals surface area contributed by atoms with Gasteiger partial charge in [-0.2, -0.15) is 0 Å². The summed E-state index contributed by atoms with van der Waals surface area (Å²) in [5, 5.41) is 4.11. The van der Waals surface area contributed by atoms with Crippen LogP contribution in [0.5, 0.6) is 0 Å². The van der Waals surface area contributed by atoms with Crippen molar-refractivity contribution in [3.05, 3.63) is 59.9 Å². The first kappa shape index (κ1) is 18.4. The van der Waals surface area contributed by atoms with Gasteiger partial charge in [-0.25, -0.2) is 0 Å². The van der Waals surface area contributed by atoms with E-state index >= 15 is 0 Å². The lowest BCUT2D eigenvalue weighted by atomic mass is 10.1. The number of rotatable bonds is 6. The number of pyridine rings is 1. The molecule has 1 aromatic carbocycles. The van der Waals surface area contributed by atoms with E-state index in [4.69, 9.17) is 12.2 Å². The van der Waals surface area contributed by atoms with Crippen LogP contribution in [0, 0.1) is 6.92 Å². The summed E-state index contributed by atoms with van der Waals surface area (Å²) in [6.07, 6.45) is 3.65. The smallest absolute Gasteiger partial charge is 0.173 e. The number of aromatic nitrogens is 1. The predicted molar refractivity (Wildman–Crippen MR) is 105 cm³/mol. The van der Waals surface area contributed by atoms with Crippen molar-refractivity contribution in [2.24, 2.45) is 0 Å². The fourth-order valence-corrected chi connectivity index (χ4v) is 2.80. The van der Waals surface area contributed by atoms with E-state index in [0.29, 0.717) is 0 Å². The van der Waals surface area contributed by atoms with E-state index in [1.54, 1.807) is 0 Å². The van der Waals surface area contributed by atoms with Crippen LogP contribution in [0.1, 0.15) is 24.1 Å². The molecular formula is C19H26N4S. The highest BCUT2D eigenvalue weighted by Gasteiger charge is 2.19. The molecule has 0 saturated heterocycles. The second kappa shape index (κ2) is 8.76. The predicted octanol–water partition coefficient (Wildman–Crippen LogP) is 3.71. The Morgan fingerprint density at radius 3 is 2.29 bits per heavy atom. The fraction of sp³-hybridized carbons (Fsp3) is 0.368. The van der Waals surface area contributed by atoms with Crippen LogP contribution in [0.15, 0.2) is 48.8 Å². The zero-order chi connectivity index (χ0) is 17.5. The Bertz CT molecular complexity index is 640. The molecule has 24 heavy (non-hydrogen) atoms. The van der Waals surface area contributed by atoms with Crippen LogP contribution in [0.3, 0.4) is 0 Å². The Labute approximate surface area is 150 Å². The van der Waals surface area contributed by atoms with Crippen molar-refractivity contribution in [3.63, 3.8) is 0 Å². The van der Waals surface area contributed by atoms with Crippen LogP contribution in [-0.4, -0.2) is 47.1 Å². The molecule has 0 unspecified atom stereocenters. The molecule has 2 rings (SSSR count). The third-order valence-electron chi connectivity index (χ3n) is 4.01. The number of aryl methyl sites for hydroxylation is 1. The van der Waals surface area contributed by atoms with Crippen LogP contribution >= 0.6 is 12.2 Å². The highest BCUT2D eigenvalue weighted by atomic mass is 32.1. The zero-order valence-electron chi connectivity index (χ0n) is 14.9. The van der Waals surface area contributed by atoms with Crippen LogP contribution < -0.4 is 5.32 Å². The van der Waals surface area contributed by atoms with Gasteiger partial charge in [-0.1, -0.05) is 17.7 Å². The third-order valence-corrected chi connectivity index (χ3v) is 4.34. The van der Waals surface area contributed by atoms with Gasteiger partial charge in [0.15, 0.2) is 5.11 Å². The third kappa shape index (κ3) is 5.28. The highest BCUT2D eigenvalue weighted by Crippen LogP contribution is 2.21. The maximum atomic E-state index is 5.70. The van der Waals surface area contributed by atoms with E-state index in [2.05, 4.69) is 72.3 Å². The molecule has 0 fully saturated rings. The molecule has 0 spiro atoms. The first-order chi connectivity index (χ1) is 11.5. The van der Waals surface area contributed by atoms with Crippen molar-refractivity contribution >= 4 is 23.0 Å². The molecule has 0 aliphatic carbocycles. The van der Waals surface area contributed by atoms with E-state index in [9.17, 15) is 0 Å². The van der Waals surface area contributed by atoms with Crippen molar-refractivity contribution < 1.29 is 0 Å². The Morgan fingerprint density at radius 2 is 1.71 bits per heavy atom. The van der Waals surface area contributed by atoms with Crippen LogP contribution in [0.4, 0.5) is 5.69 Å².